The highest BCUT2D eigenvalue weighted by molar-refractivity contribution is 5.61. The fourth-order valence-corrected chi connectivity index (χ4v) is 7.72. The Labute approximate surface area is 205 Å². The molecule has 0 radical (unpaired) electrons. The lowest BCUT2D eigenvalue weighted by Gasteiger charge is -2.62. The molecule has 3 aliphatic carbocycles. The molecule has 0 amide bonds. The van der Waals surface area contributed by atoms with Crippen LogP contribution in [0.3, 0.4) is 0 Å². The van der Waals surface area contributed by atoms with E-state index in [2.05, 4.69) is 31.7 Å². The summed E-state index contributed by atoms with van der Waals surface area (Å²) in [6, 6.07) is 4.73. The second-order valence-corrected chi connectivity index (χ2v) is 12.5. The van der Waals surface area contributed by atoms with E-state index in [0.29, 0.717) is 12.0 Å². The zero-order chi connectivity index (χ0) is 24.6. The number of aliphatic hydroxyl groups excluding tert-OH is 1. The van der Waals surface area contributed by atoms with Crippen molar-refractivity contribution < 1.29 is 19.7 Å². The van der Waals surface area contributed by atoms with Gasteiger partial charge in [0.25, 0.3) is 0 Å². The number of ether oxygens (including phenoxy) is 2. The minimum Gasteiger partial charge on any atom is -0.493 e. The highest BCUT2D eigenvalue weighted by Crippen LogP contribution is 2.66. The molecular formula is C29H45NO4. The van der Waals surface area contributed by atoms with Crippen molar-refractivity contribution in [2.75, 3.05) is 20.2 Å². The van der Waals surface area contributed by atoms with Gasteiger partial charge in [0.1, 0.15) is 6.10 Å². The van der Waals surface area contributed by atoms with Crippen molar-refractivity contribution in [2.45, 2.75) is 103 Å². The smallest absolute Gasteiger partial charge is 0.165 e. The van der Waals surface area contributed by atoms with Crippen LogP contribution in [-0.4, -0.2) is 59.2 Å². The van der Waals surface area contributed by atoms with Crippen LogP contribution in [0, 0.1) is 23.2 Å². The maximum Gasteiger partial charge on any atom is 0.165 e. The lowest BCUT2D eigenvalue weighted by Crippen LogP contribution is -2.71. The van der Waals surface area contributed by atoms with Crippen LogP contribution in [0.2, 0.25) is 0 Å². The number of rotatable bonds is 4. The van der Waals surface area contributed by atoms with Crippen molar-refractivity contribution in [3.8, 4) is 11.5 Å². The summed E-state index contributed by atoms with van der Waals surface area (Å²) in [4.78, 5) is 2.75. The van der Waals surface area contributed by atoms with E-state index in [1.807, 2.05) is 26.8 Å². The summed E-state index contributed by atoms with van der Waals surface area (Å²) in [6.45, 7) is 14.4. The van der Waals surface area contributed by atoms with Crippen molar-refractivity contribution >= 4 is 0 Å². The number of hydrogen-bond donors (Lipinski definition) is 2. The molecule has 2 heterocycles. The molecule has 2 aliphatic heterocycles. The number of benzene rings is 1. The first-order valence-corrected chi connectivity index (χ1v) is 13.6. The van der Waals surface area contributed by atoms with E-state index in [4.69, 9.17) is 9.47 Å². The lowest BCUT2D eigenvalue weighted by atomic mass is 9.47. The van der Waals surface area contributed by atoms with Crippen LogP contribution in [0.25, 0.3) is 0 Å². The minimum absolute atomic E-state index is 0.175. The van der Waals surface area contributed by atoms with E-state index >= 15 is 0 Å². The first kappa shape index (κ1) is 24.4. The van der Waals surface area contributed by atoms with Crippen LogP contribution in [0.4, 0.5) is 0 Å². The number of aliphatic hydroxyl groups is 2. The van der Waals surface area contributed by atoms with Crippen LogP contribution >= 0.6 is 0 Å². The second-order valence-electron chi connectivity index (χ2n) is 12.5. The van der Waals surface area contributed by atoms with Gasteiger partial charge in [-0.25, -0.2) is 0 Å². The van der Waals surface area contributed by atoms with Gasteiger partial charge in [0.15, 0.2) is 11.5 Å². The molecule has 2 N–H and O–H groups in total. The molecule has 190 valence electrons. The Hall–Kier alpha value is -1.30. The molecule has 5 aliphatic rings. The van der Waals surface area contributed by atoms with Gasteiger partial charge in [-0.05, 0) is 74.5 Å². The first-order valence-electron chi connectivity index (χ1n) is 13.6. The molecule has 6 rings (SSSR count). The summed E-state index contributed by atoms with van der Waals surface area (Å²) < 4.78 is 12.4. The van der Waals surface area contributed by atoms with Gasteiger partial charge >= 0.3 is 0 Å². The van der Waals surface area contributed by atoms with Crippen molar-refractivity contribution in [3.63, 3.8) is 0 Å². The van der Waals surface area contributed by atoms with E-state index in [-0.39, 0.29) is 22.9 Å². The summed E-state index contributed by atoms with van der Waals surface area (Å²) in [7, 11) is 1.70. The molecule has 5 nitrogen and oxygen atoms in total. The van der Waals surface area contributed by atoms with E-state index in [1.54, 1.807) is 7.11 Å². The van der Waals surface area contributed by atoms with Gasteiger partial charge in [-0.15, -0.1) is 0 Å². The van der Waals surface area contributed by atoms with Crippen LogP contribution in [0.15, 0.2) is 12.1 Å². The van der Waals surface area contributed by atoms with Gasteiger partial charge in [0.05, 0.1) is 18.8 Å². The molecule has 5 heteroatoms. The predicted octanol–water partition coefficient (Wildman–Crippen LogP) is 4.55. The van der Waals surface area contributed by atoms with Gasteiger partial charge in [-0.3, -0.25) is 4.90 Å². The van der Waals surface area contributed by atoms with Gasteiger partial charge in [-0.2, -0.15) is 0 Å². The van der Waals surface area contributed by atoms with Gasteiger partial charge in [-0.1, -0.05) is 40.7 Å². The molecule has 1 saturated heterocycles. The largest absolute Gasteiger partial charge is 0.493 e. The van der Waals surface area contributed by atoms with Crippen molar-refractivity contribution in [1.29, 1.82) is 0 Å². The zero-order valence-corrected chi connectivity index (χ0v) is 22.2. The molecule has 1 spiro atoms. The monoisotopic (exact) mass is 471 g/mol. The van der Waals surface area contributed by atoms with E-state index in [0.717, 1.165) is 43.2 Å². The number of likely N-dealkylation sites (tertiary alicyclic amines) is 1. The average molecular weight is 472 g/mol. The quantitative estimate of drug-likeness (QED) is 0.674. The lowest BCUT2D eigenvalue weighted by molar-refractivity contribution is -0.198. The van der Waals surface area contributed by atoms with E-state index in [1.165, 1.54) is 30.5 Å². The average Bonchev–Trinajstić information content (AvgIpc) is 3.54. The Morgan fingerprint density at radius 1 is 1.18 bits per heavy atom. The maximum absolute atomic E-state index is 11.8. The van der Waals surface area contributed by atoms with E-state index in [9.17, 15) is 10.2 Å². The molecule has 2 saturated carbocycles. The number of methoxy groups -OCH3 is 1. The summed E-state index contributed by atoms with van der Waals surface area (Å²) >= 11 is 0. The molecule has 7 atom stereocenters. The standard InChI is InChI=1S/C27H39NO4.C2H6/c1-25(2,3)26(4,30)18-13-17-19-12-16-8-9-20(31-5)23-21(16)27(17,24(32-23)22(18)29)10-11-28(19)14-15-6-7-15;1-2/h8-9,15,17-19,22,24,29-30H,6-7,10-14H2,1-5H3;1-2H3/t17?,18-,19+,22+,24+,26-,27-;/m0./s1. The Balaban J connectivity index is 0.00000117. The molecule has 1 aromatic rings. The predicted molar refractivity (Wildman–Crippen MR) is 135 cm³/mol. The highest BCUT2D eigenvalue weighted by atomic mass is 16.5. The van der Waals surface area contributed by atoms with Gasteiger partial charge < -0.3 is 19.7 Å². The summed E-state index contributed by atoms with van der Waals surface area (Å²) in [5.41, 5.74) is 1.17. The summed E-state index contributed by atoms with van der Waals surface area (Å²) in [5, 5.41) is 23.5. The van der Waals surface area contributed by atoms with Crippen molar-refractivity contribution in [2.24, 2.45) is 23.2 Å². The van der Waals surface area contributed by atoms with Crippen LogP contribution < -0.4 is 9.47 Å². The molecule has 2 bridgehead atoms. The fourth-order valence-electron chi connectivity index (χ4n) is 7.72. The zero-order valence-electron chi connectivity index (χ0n) is 22.2. The maximum atomic E-state index is 11.8. The Morgan fingerprint density at radius 2 is 1.88 bits per heavy atom. The highest BCUT2D eigenvalue weighted by Gasteiger charge is 2.69. The SMILES string of the molecule is CC.COc1ccc2c3c1O[C@@H]1[C@H](O)[C@@H]([C@](C)(O)C(C)(C)C)CC4[C@@H](C2)N(CC2CC2)CC[C@@]341. The van der Waals surface area contributed by atoms with Crippen LogP contribution in [0.1, 0.15) is 78.4 Å². The van der Waals surface area contributed by atoms with Crippen molar-refractivity contribution in [3.05, 3.63) is 23.3 Å². The summed E-state index contributed by atoms with van der Waals surface area (Å²) in [6.07, 6.45) is 4.58. The summed E-state index contributed by atoms with van der Waals surface area (Å²) in [5.74, 6) is 2.63. The number of nitrogens with zero attached hydrogens (tertiary/aromatic N) is 1. The molecule has 3 fully saturated rings. The molecule has 1 aromatic carbocycles. The third-order valence-corrected chi connectivity index (χ3v) is 10.1. The molecule has 1 unspecified atom stereocenters. The Morgan fingerprint density at radius 3 is 2.50 bits per heavy atom. The Bertz CT molecular complexity index is 933. The normalized spacial score (nSPS) is 37.6. The Kier molecular flexibility index (Phi) is 5.82. The second kappa shape index (κ2) is 8.11. The molecule has 0 aromatic heterocycles. The topological polar surface area (TPSA) is 62.2 Å². The fraction of sp³-hybridized carbons (Fsp3) is 0.793. The van der Waals surface area contributed by atoms with E-state index < -0.39 is 11.7 Å². The first-order chi connectivity index (χ1) is 16.1. The van der Waals surface area contributed by atoms with Gasteiger partial charge in [0.2, 0.25) is 0 Å². The third-order valence-electron chi connectivity index (χ3n) is 10.1. The molecular weight excluding hydrogens is 426 g/mol. The van der Waals surface area contributed by atoms with Crippen LogP contribution in [-0.2, 0) is 11.8 Å². The van der Waals surface area contributed by atoms with Crippen molar-refractivity contribution in [1.82, 2.24) is 4.90 Å². The number of hydrogen-bond acceptors (Lipinski definition) is 5. The van der Waals surface area contributed by atoms with Crippen LogP contribution in [0.5, 0.6) is 11.5 Å². The number of piperidine rings is 1. The minimum atomic E-state index is -0.994. The third kappa shape index (κ3) is 3.22. The molecule has 34 heavy (non-hydrogen) atoms. The van der Waals surface area contributed by atoms with Gasteiger partial charge in [0, 0.05) is 29.5 Å².